The molecule has 0 radical (unpaired) electrons. The van der Waals surface area contributed by atoms with E-state index in [1.165, 1.54) is 19.3 Å². The van der Waals surface area contributed by atoms with Gasteiger partial charge in [0.1, 0.15) is 0 Å². The van der Waals surface area contributed by atoms with Crippen LogP contribution in [0.1, 0.15) is 64.7 Å². The molecule has 0 spiro atoms. The van der Waals surface area contributed by atoms with Gasteiger partial charge in [-0.2, -0.15) is 0 Å². The topological polar surface area (TPSA) is 66.4 Å². The van der Waals surface area contributed by atoms with Gasteiger partial charge in [0.15, 0.2) is 0 Å². The van der Waals surface area contributed by atoms with E-state index in [1.807, 2.05) is 0 Å². The van der Waals surface area contributed by atoms with Crippen LogP contribution in [0.5, 0.6) is 0 Å². The van der Waals surface area contributed by atoms with Gasteiger partial charge in [0, 0.05) is 13.0 Å². The molecule has 0 atom stereocenters. The minimum Gasteiger partial charge on any atom is -0.481 e. The van der Waals surface area contributed by atoms with Crippen LogP contribution in [0.25, 0.3) is 0 Å². The molecular weight excluding hydrogens is 230 g/mol. The lowest BCUT2D eigenvalue weighted by Gasteiger charge is -2.37. The normalized spacial score (nSPS) is 16.9. The number of nitrogens with one attached hydrogen (secondary N) is 1. The van der Waals surface area contributed by atoms with Crippen molar-refractivity contribution in [3.05, 3.63) is 0 Å². The molecular formula is C14H25NO3. The van der Waals surface area contributed by atoms with E-state index in [4.69, 9.17) is 5.11 Å². The van der Waals surface area contributed by atoms with Crippen LogP contribution in [-0.2, 0) is 9.59 Å². The molecule has 4 nitrogen and oxygen atoms in total. The summed E-state index contributed by atoms with van der Waals surface area (Å²) in [5, 5.41) is 11.9. The van der Waals surface area contributed by atoms with Crippen molar-refractivity contribution in [2.45, 2.75) is 64.7 Å². The van der Waals surface area contributed by atoms with Gasteiger partial charge in [-0.1, -0.05) is 39.0 Å². The summed E-state index contributed by atoms with van der Waals surface area (Å²) in [5.74, 6) is -0.768. The number of aliphatic carboxylic acids is 1. The van der Waals surface area contributed by atoms with Gasteiger partial charge in [-0.05, 0) is 19.3 Å². The lowest BCUT2D eigenvalue weighted by molar-refractivity contribution is -0.154. The van der Waals surface area contributed by atoms with Gasteiger partial charge in [0.25, 0.3) is 0 Å². The average Bonchev–Trinajstić information content (AvgIpc) is 2.27. The van der Waals surface area contributed by atoms with Crippen LogP contribution < -0.4 is 5.32 Å². The van der Waals surface area contributed by atoms with Crippen LogP contribution in [0.15, 0.2) is 0 Å². The summed E-state index contributed by atoms with van der Waals surface area (Å²) in [6, 6.07) is 0. The Morgan fingerprint density at radius 1 is 1.17 bits per heavy atom. The Balaban J connectivity index is 2.11. The molecule has 1 fully saturated rings. The number of hydrogen-bond acceptors (Lipinski definition) is 2. The number of rotatable bonds is 9. The average molecular weight is 255 g/mol. The van der Waals surface area contributed by atoms with Crippen molar-refractivity contribution in [2.24, 2.45) is 5.41 Å². The highest BCUT2D eigenvalue weighted by molar-refractivity contribution is 5.79. The first-order chi connectivity index (χ1) is 8.60. The van der Waals surface area contributed by atoms with Crippen molar-refractivity contribution in [3.8, 4) is 0 Å². The van der Waals surface area contributed by atoms with E-state index in [9.17, 15) is 9.59 Å². The monoisotopic (exact) mass is 255 g/mol. The first-order valence-corrected chi connectivity index (χ1v) is 7.11. The predicted molar refractivity (Wildman–Crippen MR) is 70.3 cm³/mol. The fourth-order valence-electron chi connectivity index (χ4n) is 2.32. The van der Waals surface area contributed by atoms with Crippen LogP contribution in [0, 0.1) is 5.41 Å². The standard InChI is InChI=1S/C14H25NO3/c1-2-3-4-5-6-8-12(16)15-11-14(13(17)18)9-7-10-14/h2-11H2,1H3,(H,15,16)(H,17,18). The number of unbranched alkanes of at least 4 members (excludes halogenated alkanes) is 4. The molecule has 1 rings (SSSR count). The van der Waals surface area contributed by atoms with E-state index in [-0.39, 0.29) is 5.91 Å². The second-order valence-electron chi connectivity index (χ2n) is 5.38. The zero-order chi connectivity index (χ0) is 13.4. The lowest BCUT2D eigenvalue weighted by Crippen LogP contribution is -2.47. The number of hydrogen-bond donors (Lipinski definition) is 2. The first-order valence-electron chi connectivity index (χ1n) is 7.11. The summed E-state index contributed by atoms with van der Waals surface area (Å²) >= 11 is 0. The number of carbonyl (C=O) groups is 2. The summed E-state index contributed by atoms with van der Waals surface area (Å²) in [7, 11) is 0. The molecule has 1 aliphatic rings. The molecule has 0 bridgehead atoms. The Hall–Kier alpha value is -1.06. The number of carbonyl (C=O) groups excluding carboxylic acids is 1. The highest BCUT2D eigenvalue weighted by Gasteiger charge is 2.44. The second kappa shape index (κ2) is 7.39. The van der Waals surface area contributed by atoms with E-state index in [0.29, 0.717) is 25.8 Å². The molecule has 0 aliphatic heterocycles. The molecule has 0 saturated heterocycles. The Labute approximate surface area is 109 Å². The quantitative estimate of drug-likeness (QED) is 0.622. The third kappa shape index (κ3) is 4.31. The van der Waals surface area contributed by atoms with Crippen molar-refractivity contribution < 1.29 is 14.7 Å². The maximum atomic E-state index is 11.6. The molecule has 2 N–H and O–H groups in total. The molecule has 1 amide bonds. The molecule has 0 heterocycles. The summed E-state index contributed by atoms with van der Waals surface area (Å²) in [6.45, 7) is 2.47. The van der Waals surface area contributed by atoms with E-state index in [1.54, 1.807) is 0 Å². The van der Waals surface area contributed by atoms with Crippen LogP contribution in [0.4, 0.5) is 0 Å². The smallest absolute Gasteiger partial charge is 0.311 e. The van der Waals surface area contributed by atoms with E-state index in [2.05, 4.69) is 12.2 Å². The van der Waals surface area contributed by atoms with Crippen molar-refractivity contribution in [1.82, 2.24) is 5.32 Å². The molecule has 0 aromatic heterocycles. The maximum Gasteiger partial charge on any atom is 0.311 e. The Morgan fingerprint density at radius 3 is 2.33 bits per heavy atom. The van der Waals surface area contributed by atoms with Gasteiger partial charge in [-0.25, -0.2) is 0 Å². The third-order valence-corrected chi connectivity index (χ3v) is 3.90. The van der Waals surface area contributed by atoms with Crippen molar-refractivity contribution in [2.75, 3.05) is 6.54 Å². The molecule has 0 unspecified atom stereocenters. The Kier molecular flexibility index (Phi) is 6.16. The first kappa shape index (κ1) is 15.0. The van der Waals surface area contributed by atoms with Crippen molar-refractivity contribution in [3.63, 3.8) is 0 Å². The fourth-order valence-corrected chi connectivity index (χ4v) is 2.32. The summed E-state index contributed by atoms with van der Waals surface area (Å²) in [5.41, 5.74) is -0.669. The Morgan fingerprint density at radius 2 is 1.83 bits per heavy atom. The van der Waals surface area contributed by atoms with Crippen LogP contribution in [0.3, 0.4) is 0 Å². The third-order valence-electron chi connectivity index (χ3n) is 3.90. The predicted octanol–water partition coefficient (Wildman–Crippen LogP) is 2.72. The van der Waals surface area contributed by atoms with Gasteiger partial charge in [-0.15, -0.1) is 0 Å². The Bertz CT molecular complexity index is 285. The number of carboxylic acid groups (broad SMARTS) is 1. The van der Waals surface area contributed by atoms with E-state index in [0.717, 1.165) is 19.3 Å². The molecule has 0 aromatic rings. The van der Waals surface area contributed by atoms with Gasteiger partial charge in [0.2, 0.25) is 5.91 Å². The van der Waals surface area contributed by atoms with Gasteiger partial charge in [-0.3, -0.25) is 9.59 Å². The highest BCUT2D eigenvalue weighted by atomic mass is 16.4. The zero-order valence-electron chi connectivity index (χ0n) is 11.3. The SMILES string of the molecule is CCCCCCCC(=O)NCC1(C(=O)O)CCC1. The van der Waals surface area contributed by atoms with Crippen LogP contribution in [0.2, 0.25) is 0 Å². The molecule has 104 valence electrons. The molecule has 18 heavy (non-hydrogen) atoms. The zero-order valence-corrected chi connectivity index (χ0v) is 11.3. The molecule has 1 saturated carbocycles. The van der Waals surface area contributed by atoms with Crippen LogP contribution in [-0.4, -0.2) is 23.5 Å². The number of amides is 1. The largest absolute Gasteiger partial charge is 0.481 e. The molecule has 1 aliphatic carbocycles. The summed E-state index contributed by atoms with van der Waals surface area (Å²) < 4.78 is 0. The van der Waals surface area contributed by atoms with Gasteiger partial charge < -0.3 is 10.4 Å². The molecule has 0 aromatic carbocycles. The van der Waals surface area contributed by atoms with Crippen LogP contribution >= 0.6 is 0 Å². The van der Waals surface area contributed by atoms with Gasteiger partial charge in [0.05, 0.1) is 5.41 Å². The van der Waals surface area contributed by atoms with Crippen molar-refractivity contribution in [1.29, 1.82) is 0 Å². The van der Waals surface area contributed by atoms with E-state index < -0.39 is 11.4 Å². The van der Waals surface area contributed by atoms with Crippen molar-refractivity contribution >= 4 is 11.9 Å². The second-order valence-corrected chi connectivity index (χ2v) is 5.38. The highest BCUT2D eigenvalue weighted by Crippen LogP contribution is 2.40. The van der Waals surface area contributed by atoms with Gasteiger partial charge >= 0.3 is 5.97 Å². The summed E-state index contributed by atoms with van der Waals surface area (Å²) in [6.07, 6.45) is 8.48. The minimum atomic E-state index is -0.767. The maximum absolute atomic E-state index is 11.6. The summed E-state index contributed by atoms with van der Waals surface area (Å²) in [4.78, 5) is 22.7. The number of carboxylic acids is 1. The fraction of sp³-hybridized carbons (Fsp3) is 0.857. The molecule has 4 heteroatoms. The minimum absolute atomic E-state index is 0.000904. The lowest BCUT2D eigenvalue weighted by atomic mass is 9.69. The van der Waals surface area contributed by atoms with E-state index >= 15 is 0 Å².